The Morgan fingerprint density at radius 2 is 2.09 bits per heavy atom. The fourth-order valence-electron chi connectivity index (χ4n) is 2.09. The van der Waals surface area contributed by atoms with Crippen LogP contribution in [0.15, 0.2) is 41.0 Å². The average Bonchev–Trinajstić information content (AvgIpc) is 2.97. The van der Waals surface area contributed by atoms with E-state index in [0.717, 1.165) is 30.6 Å². The second-order valence-electron chi connectivity index (χ2n) is 5.64. The lowest BCUT2D eigenvalue weighted by Crippen LogP contribution is -2.16. The number of ether oxygens (including phenoxy) is 1. The van der Waals surface area contributed by atoms with Gasteiger partial charge < -0.3 is 9.15 Å². The van der Waals surface area contributed by atoms with E-state index < -0.39 is 0 Å². The van der Waals surface area contributed by atoms with Crippen molar-refractivity contribution in [3.63, 3.8) is 0 Å². The summed E-state index contributed by atoms with van der Waals surface area (Å²) in [6.07, 6.45) is 4.05. The smallest absolute Gasteiger partial charge is 0.172 e. The minimum absolute atomic E-state index is 0.00336. The lowest BCUT2D eigenvalue weighted by molar-refractivity contribution is -0.123. The van der Waals surface area contributed by atoms with Crippen molar-refractivity contribution in [1.82, 2.24) is 0 Å². The van der Waals surface area contributed by atoms with Gasteiger partial charge in [-0.15, -0.1) is 0 Å². The third-order valence-electron chi connectivity index (χ3n) is 3.42. The van der Waals surface area contributed by atoms with Gasteiger partial charge in [-0.3, -0.25) is 4.79 Å². The summed E-state index contributed by atoms with van der Waals surface area (Å²) < 4.78 is 24.3. The van der Waals surface area contributed by atoms with Crippen molar-refractivity contribution in [1.29, 1.82) is 0 Å². The normalized spacial score (nSPS) is 10.9. The van der Waals surface area contributed by atoms with Crippen LogP contribution in [0.4, 0.5) is 4.39 Å². The van der Waals surface area contributed by atoms with Gasteiger partial charge in [0.15, 0.2) is 5.78 Å². The molecular formula is C18H21FO3. The number of Topliss-reactive ketones (excluding diaryl/α,β-unsaturated/α-hetero) is 1. The van der Waals surface area contributed by atoms with E-state index in [9.17, 15) is 9.18 Å². The lowest BCUT2D eigenvalue weighted by atomic mass is 10.1. The topological polar surface area (TPSA) is 39.4 Å². The van der Waals surface area contributed by atoms with Crippen molar-refractivity contribution in [3.8, 4) is 5.75 Å². The molecule has 1 heterocycles. The van der Waals surface area contributed by atoms with Crippen LogP contribution < -0.4 is 4.74 Å². The Balaban J connectivity index is 1.90. The summed E-state index contributed by atoms with van der Waals surface area (Å²) in [5.41, 5.74) is 0.860. The molecule has 2 rings (SSSR count). The summed E-state index contributed by atoms with van der Waals surface area (Å²) in [5.74, 6) is 0.907. The number of hydrogen-bond acceptors (Lipinski definition) is 3. The Bertz CT molecular complexity index is 603. The summed E-state index contributed by atoms with van der Waals surface area (Å²) in [4.78, 5) is 11.6. The Morgan fingerprint density at radius 1 is 1.27 bits per heavy atom. The van der Waals surface area contributed by atoms with Crippen LogP contribution >= 0.6 is 0 Å². The van der Waals surface area contributed by atoms with Crippen LogP contribution in [0.3, 0.4) is 0 Å². The number of carbonyl (C=O) groups is 1. The second-order valence-corrected chi connectivity index (χ2v) is 5.64. The van der Waals surface area contributed by atoms with E-state index in [1.54, 1.807) is 12.3 Å². The summed E-state index contributed by atoms with van der Waals surface area (Å²) >= 11 is 0. The number of aryl methyl sites for hydroxylation is 2. The fourth-order valence-corrected chi connectivity index (χ4v) is 2.09. The fraction of sp³-hybridized carbons (Fsp3) is 0.389. The second kappa shape index (κ2) is 7.78. The maximum Gasteiger partial charge on any atom is 0.172 e. The van der Waals surface area contributed by atoms with Gasteiger partial charge in [-0.05, 0) is 42.7 Å². The Morgan fingerprint density at radius 3 is 2.77 bits per heavy atom. The van der Waals surface area contributed by atoms with Crippen molar-refractivity contribution in [2.24, 2.45) is 5.92 Å². The van der Waals surface area contributed by atoms with E-state index in [1.165, 1.54) is 12.1 Å². The van der Waals surface area contributed by atoms with Crippen molar-refractivity contribution in [3.05, 3.63) is 53.7 Å². The van der Waals surface area contributed by atoms with Gasteiger partial charge in [0.05, 0.1) is 6.26 Å². The predicted molar refractivity (Wildman–Crippen MR) is 82.5 cm³/mol. The van der Waals surface area contributed by atoms with Gasteiger partial charge in [0.1, 0.15) is 23.9 Å². The van der Waals surface area contributed by atoms with Gasteiger partial charge in [-0.2, -0.15) is 0 Å². The molecule has 0 amide bonds. The van der Waals surface area contributed by atoms with Crippen molar-refractivity contribution in [2.75, 3.05) is 6.61 Å². The van der Waals surface area contributed by atoms with Crippen molar-refractivity contribution < 1.29 is 18.3 Å². The van der Waals surface area contributed by atoms with Crippen LogP contribution in [-0.4, -0.2) is 12.4 Å². The van der Waals surface area contributed by atoms with Crippen LogP contribution in [0.2, 0.25) is 0 Å². The van der Waals surface area contributed by atoms with Crippen LogP contribution in [0.25, 0.3) is 0 Å². The molecule has 118 valence electrons. The summed E-state index contributed by atoms with van der Waals surface area (Å²) in [6.45, 7) is 3.61. The highest BCUT2D eigenvalue weighted by Crippen LogP contribution is 2.19. The first kappa shape index (κ1) is 16.3. The quantitative estimate of drug-likeness (QED) is 0.734. The molecule has 2 aromatic rings. The summed E-state index contributed by atoms with van der Waals surface area (Å²) in [7, 11) is 0. The van der Waals surface area contributed by atoms with Gasteiger partial charge in [-0.1, -0.05) is 13.8 Å². The first-order chi connectivity index (χ1) is 10.5. The molecular weight excluding hydrogens is 283 g/mol. The molecule has 0 fully saturated rings. The third-order valence-corrected chi connectivity index (χ3v) is 3.42. The van der Waals surface area contributed by atoms with E-state index in [2.05, 4.69) is 0 Å². The minimum atomic E-state index is -0.345. The van der Waals surface area contributed by atoms with Gasteiger partial charge in [0.25, 0.3) is 0 Å². The van der Waals surface area contributed by atoms with Crippen LogP contribution in [0.5, 0.6) is 5.75 Å². The molecule has 3 nitrogen and oxygen atoms in total. The molecule has 0 spiro atoms. The first-order valence-electron chi connectivity index (χ1n) is 7.52. The van der Waals surface area contributed by atoms with Crippen molar-refractivity contribution in [2.45, 2.75) is 33.1 Å². The molecule has 1 aromatic carbocycles. The Labute approximate surface area is 130 Å². The number of ketones is 1. The number of halogens is 1. The molecule has 0 aliphatic rings. The van der Waals surface area contributed by atoms with E-state index >= 15 is 0 Å². The SMILES string of the molecule is CC(C)C(=O)COc1cc(F)cc(CCCc2ccco2)c1. The molecule has 0 saturated carbocycles. The van der Waals surface area contributed by atoms with Crippen LogP contribution in [0.1, 0.15) is 31.6 Å². The maximum atomic E-state index is 13.6. The highest BCUT2D eigenvalue weighted by atomic mass is 19.1. The van der Waals surface area contributed by atoms with E-state index in [-0.39, 0.29) is 24.1 Å². The standard InChI is InChI=1S/C18H21FO3/c1-13(2)18(20)12-22-17-10-14(9-15(19)11-17)5-3-6-16-7-4-8-21-16/h4,7-11,13H,3,5-6,12H2,1-2H3. The van der Waals surface area contributed by atoms with E-state index in [0.29, 0.717) is 5.75 Å². The molecule has 0 N–H and O–H groups in total. The van der Waals surface area contributed by atoms with Gasteiger partial charge in [0.2, 0.25) is 0 Å². The van der Waals surface area contributed by atoms with E-state index in [4.69, 9.17) is 9.15 Å². The van der Waals surface area contributed by atoms with Gasteiger partial charge >= 0.3 is 0 Å². The third kappa shape index (κ3) is 5.02. The molecule has 0 atom stereocenters. The number of carbonyl (C=O) groups excluding carboxylic acids is 1. The molecule has 22 heavy (non-hydrogen) atoms. The monoisotopic (exact) mass is 304 g/mol. The zero-order valence-electron chi connectivity index (χ0n) is 13.0. The molecule has 0 unspecified atom stereocenters. The zero-order chi connectivity index (χ0) is 15.9. The molecule has 1 aromatic heterocycles. The van der Waals surface area contributed by atoms with Crippen LogP contribution in [0, 0.1) is 11.7 Å². The highest BCUT2D eigenvalue weighted by Gasteiger charge is 2.09. The summed E-state index contributed by atoms with van der Waals surface area (Å²) in [5, 5.41) is 0. The number of hydrogen-bond donors (Lipinski definition) is 0. The Hall–Kier alpha value is -2.10. The number of rotatable bonds is 8. The average molecular weight is 304 g/mol. The number of benzene rings is 1. The van der Waals surface area contributed by atoms with E-state index in [1.807, 2.05) is 26.0 Å². The molecule has 0 aliphatic carbocycles. The molecule has 0 bridgehead atoms. The molecule has 0 radical (unpaired) electrons. The van der Waals surface area contributed by atoms with Crippen molar-refractivity contribution >= 4 is 5.78 Å². The van der Waals surface area contributed by atoms with Gasteiger partial charge in [0, 0.05) is 18.4 Å². The molecule has 0 saturated heterocycles. The minimum Gasteiger partial charge on any atom is -0.486 e. The first-order valence-corrected chi connectivity index (χ1v) is 7.52. The highest BCUT2D eigenvalue weighted by molar-refractivity contribution is 5.81. The maximum absolute atomic E-state index is 13.6. The van der Waals surface area contributed by atoms with Gasteiger partial charge in [-0.25, -0.2) is 4.39 Å². The summed E-state index contributed by atoms with van der Waals surface area (Å²) in [6, 6.07) is 8.38. The Kier molecular flexibility index (Phi) is 5.75. The predicted octanol–water partition coefficient (Wildman–Crippen LogP) is 4.20. The molecule has 4 heteroatoms. The van der Waals surface area contributed by atoms with Crippen LogP contribution in [-0.2, 0) is 17.6 Å². The zero-order valence-corrected chi connectivity index (χ0v) is 13.0. The largest absolute Gasteiger partial charge is 0.486 e. The number of furan rings is 1. The molecule has 0 aliphatic heterocycles. The lowest BCUT2D eigenvalue weighted by Gasteiger charge is -2.09.